The van der Waals surface area contributed by atoms with E-state index in [4.69, 9.17) is 0 Å². The largest absolute Gasteiger partial charge is 0.394 e. The Kier molecular flexibility index (Phi) is 4.71. The molecule has 0 aliphatic heterocycles. The van der Waals surface area contributed by atoms with Gasteiger partial charge in [0.1, 0.15) is 0 Å². The van der Waals surface area contributed by atoms with Crippen molar-refractivity contribution in [2.45, 2.75) is 18.9 Å². The Morgan fingerprint density at radius 2 is 2.26 bits per heavy atom. The van der Waals surface area contributed by atoms with Crippen molar-refractivity contribution in [1.82, 2.24) is 5.32 Å². The maximum absolute atomic E-state index is 12.2. The van der Waals surface area contributed by atoms with Gasteiger partial charge in [0.05, 0.1) is 18.2 Å². The van der Waals surface area contributed by atoms with Crippen LogP contribution in [0.3, 0.4) is 0 Å². The molecule has 1 aromatic carbocycles. The van der Waals surface area contributed by atoms with Crippen molar-refractivity contribution in [1.29, 1.82) is 0 Å². The minimum atomic E-state index is -0.218. The van der Waals surface area contributed by atoms with Crippen molar-refractivity contribution in [3.8, 4) is 0 Å². The molecule has 2 N–H and O–H groups in total. The first-order chi connectivity index (χ1) is 9.26. The van der Waals surface area contributed by atoms with Gasteiger partial charge in [0.2, 0.25) is 0 Å². The van der Waals surface area contributed by atoms with E-state index in [0.29, 0.717) is 12.0 Å². The van der Waals surface area contributed by atoms with Crippen LogP contribution >= 0.6 is 11.3 Å². The minimum absolute atomic E-state index is 0.0539. The highest BCUT2D eigenvalue weighted by Gasteiger charge is 2.15. The van der Waals surface area contributed by atoms with Crippen LogP contribution in [-0.2, 0) is 0 Å². The number of hydrogen-bond acceptors (Lipinski definition) is 3. The predicted octanol–water partition coefficient (Wildman–Crippen LogP) is 2.96. The number of hydrogen-bond donors (Lipinski definition) is 2. The van der Waals surface area contributed by atoms with Crippen molar-refractivity contribution in [2.24, 2.45) is 0 Å². The van der Waals surface area contributed by atoms with Gasteiger partial charge in [0.25, 0.3) is 5.91 Å². The zero-order valence-electron chi connectivity index (χ0n) is 10.6. The molecule has 0 spiro atoms. The standard InChI is InChI=1S/C15H17NO2S/c1-2-3-6-11(9-17)16-15(18)13-10-19-14-8-5-4-7-12(13)14/h2,4-5,7-8,10-11,17H,1,3,6,9H2,(H,16,18)/t11-/m1/s1. The van der Waals surface area contributed by atoms with E-state index in [1.807, 2.05) is 29.6 Å². The first kappa shape index (κ1) is 13.8. The Morgan fingerprint density at radius 3 is 3.00 bits per heavy atom. The molecule has 2 rings (SSSR count). The topological polar surface area (TPSA) is 49.3 Å². The number of fused-ring (bicyclic) bond motifs is 1. The van der Waals surface area contributed by atoms with Crippen LogP contribution in [0.2, 0.25) is 0 Å². The number of allylic oxidation sites excluding steroid dienone is 1. The van der Waals surface area contributed by atoms with Crippen LogP contribution in [0.1, 0.15) is 23.2 Å². The van der Waals surface area contributed by atoms with Crippen LogP contribution in [-0.4, -0.2) is 23.7 Å². The van der Waals surface area contributed by atoms with E-state index in [9.17, 15) is 9.90 Å². The van der Waals surface area contributed by atoms with Gasteiger partial charge in [0, 0.05) is 15.5 Å². The summed E-state index contributed by atoms with van der Waals surface area (Å²) < 4.78 is 1.10. The van der Waals surface area contributed by atoms with E-state index in [2.05, 4.69) is 11.9 Å². The molecular weight excluding hydrogens is 258 g/mol. The zero-order valence-corrected chi connectivity index (χ0v) is 11.5. The molecule has 19 heavy (non-hydrogen) atoms. The second kappa shape index (κ2) is 6.50. The quantitative estimate of drug-likeness (QED) is 0.796. The van der Waals surface area contributed by atoms with E-state index in [1.165, 1.54) is 0 Å². The summed E-state index contributed by atoms with van der Waals surface area (Å²) in [5.41, 5.74) is 0.678. The van der Waals surface area contributed by atoms with Gasteiger partial charge in [-0.2, -0.15) is 0 Å². The lowest BCUT2D eigenvalue weighted by Gasteiger charge is -2.15. The van der Waals surface area contributed by atoms with Crippen molar-refractivity contribution >= 4 is 27.3 Å². The minimum Gasteiger partial charge on any atom is -0.394 e. The average Bonchev–Trinajstić information content (AvgIpc) is 2.87. The summed E-state index contributed by atoms with van der Waals surface area (Å²) >= 11 is 1.56. The van der Waals surface area contributed by atoms with E-state index in [1.54, 1.807) is 17.4 Å². The second-order valence-corrected chi connectivity index (χ2v) is 5.28. The normalized spacial score (nSPS) is 12.3. The molecule has 0 radical (unpaired) electrons. The van der Waals surface area contributed by atoms with Gasteiger partial charge in [-0.15, -0.1) is 17.9 Å². The molecule has 0 bridgehead atoms. The fourth-order valence-corrected chi connectivity index (χ4v) is 2.89. The number of benzene rings is 1. The fourth-order valence-electron chi connectivity index (χ4n) is 1.94. The molecule has 4 heteroatoms. The number of carbonyl (C=O) groups is 1. The number of thiophene rings is 1. The molecule has 1 amide bonds. The van der Waals surface area contributed by atoms with Crippen LogP contribution in [0.5, 0.6) is 0 Å². The molecule has 100 valence electrons. The Hall–Kier alpha value is -1.65. The number of nitrogens with one attached hydrogen (secondary N) is 1. The maximum atomic E-state index is 12.2. The molecule has 1 atom stereocenters. The Balaban J connectivity index is 2.12. The summed E-state index contributed by atoms with van der Waals surface area (Å²) in [6.45, 7) is 3.59. The Bertz CT molecular complexity index is 576. The van der Waals surface area contributed by atoms with Gasteiger partial charge in [-0.3, -0.25) is 4.79 Å². The third-order valence-corrected chi connectivity index (χ3v) is 3.96. The molecule has 0 saturated carbocycles. The lowest BCUT2D eigenvalue weighted by molar-refractivity contribution is 0.0915. The highest BCUT2D eigenvalue weighted by molar-refractivity contribution is 7.17. The maximum Gasteiger partial charge on any atom is 0.253 e. The third kappa shape index (κ3) is 3.22. The van der Waals surface area contributed by atoms with E-state index in [0.717, 1.165) is 16.5 Å². The van der Waals surface area contributed by atoms with E-state index < -0.39 is 0 Å². The third-order valence-electron chi connectivity index (χ3n) is 3.00. The van der Waals surface area contributed by atoms with E-state index in [-0.39, 0.29) is 18.6 Å². The van der Waals surface area contributed by atoms with Crippen LogP contribution in [0.4, 0.5) is 0 Å². The molecule has 0 aliphatic rings. The van der Waals surface area contributed by atoms with Crippen LogP contribution in [0, 0.1) is 0 Å². The summed E-state index contributed by atoms with van der Waals surface area (Å²) in [6.07, 6.45) is 3.26. The highest BCUT2D eigenvalue weighted by Crippen LogP contribution is 2.25. The van der Waals surface area contributed by atoms with Crippen LogP contribution in [0.25, 0.3) is 10.1 Å². The molecule has 1 heterocycles. The molecule has 0 unspecified atom stereocenters. The Morgan fingerprint density at radius 1 is 1.47 bits per heavy atom. The summed E-state index contributed by atoms with van der Waals surface area (Å²) in [7, 11) is 0. The molecular formula is C15H17NO2S. The number of rotatable bonds is 6. The summed E-state index contributed by atoms with van der Waals surface area (Å²) in [6, 6.07) is 7.61. The lowest BCUT2D eigenvalue weighted by Crippen LogP contribution is -2.37. The number of aliphatic hydroxyl groups excluding tert-OH is 1. The van der Waals surface area contributed by atoms with Gasteiger partial charge in [-0.1, -0.05) is 24.3 Å². The molecule has 0 saturated heterocycles. The number of amides is 1. The average molecular weight is 275 g/mol. The SMILES string of the molecule is C=CCC[C@H](CO)NC(=O)c1csc2ccccc12. The molecule has 2 aromatic rings. The van der Waals surface area contributed by atoms with Gasteiger partial charge < -0.3 is 10.4 Å². The monoisotopic (exact) mass is 275 g/mol. The predicted molar refractivity (Wildman–Crippen MR) is 79.6 cm³/mol. The molecule has 0 aliphatic carbocycles. The fraction of sp³-hybridized carbons (Fsp3) is 0.267. The zero-order chi connectivity index (χ0) is 13.7. The smallest absolute Gasteiger partial charge is 0.253 e. The van der Waals surface area contributed by atoms with Crippen LogP contribution in [0.15, 0.2) is 42.3 Å². The Labute approximate surface area is 116 Å². The van der Waals surface area contributed by atoms with Crippen molar-refractivity contribution < 1.29 is 9.90 Å². The van der Waals surface area contributed by atoms with Crippen molar-refractivity contribution in [3.05, 3.63) is 47.9 Å². The lowest BCUT2D eigenvalue weighted by atomic mass is 10.1. The molecule has 0 fully saturated rings. The molecule has 3 nitrogen and oxygen atoms in total. The number of carbonyl (C=O) groups excluding carboxylic acids is 1. The first-order valence-corrected chi connectivity index (χ1v) is 7.13. The summed E-state index contributed by atoms with van der Waals surface area (Å²) in [4.78, 5) is 12.2. The van der Waals surface area contributed by atoms with Gasteiger partial charge in [-0.25, -0.2) is 0 Å². The second-order valence-electron chi connectivity index (χ2n) is 4.36. The molecule has 1 aromatic heterocycles. The van der Waals surface area contributed by atoms with Crippen molar-refractivity contribution in [2.75, 3.05) is 6.61 Å². The van der Waals surface area contributed by atoms with E-state index >= 15 is 0 Å². The number of aliphatic hydroxyl groups is 1. The highest BCUT2D eigenvalue weighted by atomic mass is 32.1. The summed E-state index contributed by atoms with van der Waals surface area (Å²) in [5, 5.41) is 15.0. The van der Waals surface area contributed by atoms with Crippen molar-refractivity contribution in [3.63, 3.8) is 0 Å². The van der Waals surface area contributed by atoms with Gasteiger partial charge >= 0.3 is 0 Å². The summed E-state index contributed by atoms with van der Waals surface area (Å²) in [5.74, 6) is -0.124. The first-order valence-electron chi connectivity index (χ1n) is 6.25. The van der Waals surface area contributed by atoms with Gasteiger partial charge in [0.15, 0.2) is 0 Å². The van der Waals surface area contributed by atoms with Gasteiger partial charge in [-0.05, 0) is 18.9 Å². The van der Waals surface area contributed by atoms with Crippen LogP contribution < -0.4 is 5.32 Å².